The largest absolute Gasteiger partial charge is 0.452 e. The molecule has 0 saturated heterocycles. The highest BCUT2D eigenvalue weighted by Gasteiger charge is 2.23. The number of hydrogen-bond acceptors (Lipinski definition) is 5. The Morgan fingerprint density at radius 3 is 2.34 bits per heavy atom. The molecule has 158 valence electrons. The summed E-state index contributed by atoms with van der Waals surface area (Å²) in [5.41, 5.74) is 0.490. The molecule has 2 atom stereocenters. The van der Waals surface area contributed by atoms with Crippen LogP contribution >= 0.6 is 0 Å². The fourth-order valence-electron chi connectivity index (χ4n) is 3.18. The first-order valence-corrected chi connectivity index (χ1v) is 10.0. The lowest BCUT2D eigenvalue weighted by atomic mass is 9.96. The normalized spacial score (nSPS) is 16.2. The molecule has 2 unspecified atom stereocenters. The fraction of sp³-hybridized carbons (Fsp3) is 0.524. The highest BCUT2D eigenvalue weighted by molar-refractivity contribution is 5.97. The maximum atomic E-state index is 12.1. The van der Waals surface area contributed by atoms with Gasteiger partial charge < -0.3 is 15.4 Å². The monoisotopic (exact) mass is 403 g/mol. The smallest absolute Gasteiger partial charge is 0.321 e. The Morgan fingerprint density at radius 2 is 1.69 bits per heavy atom. The van der Waals surface area contributed by atoms with E-state index in [-0.39, 0.29) is 18.4 Å². The quantitative estimate of drug-likeness (QED) is 0.605. The van der Waals surface area contributed by atoms with Crippen LogP contribution in [0.15, 0.2) is 30.3 Å². The topological polar surface area (TPSA) is 114 Å². The Morgan fingerprint density at radius 1 is 1.03 bits per heavy atom. The lowest BCUT2D eigenvalue weighted by molar-refractivity contribution is -0.154. The van der Waals surface area contributed by atoms with Gasteiger partial charge in [-0.15, -0.1) is 0 Å². The van der Waals surface area contributed by atoms with Gasteiger partial charge in [-0.25, -0.2) is 4.79 Å². The fourth-order valence-corrected chi connectivity index (χ4v) is 3.18. The number of imide groups is 1. The van der Waals surface area contributed by atoms with Gasteiger partial charge in [0.1, 0.15) is 0 Å². The van der Waals surface area contributed by atoms with Gasteiger partial charge >= 0.3 is 12.0 Å². The van der Waals surface area contributed by atoms with Gasteiger partial charge in [0.05, 0.1) is 6.42 Å². The van der Waals surface area contributed by atoms with Crippen LogP contribution in [-0.2, 0) is 14.3 Å². The molecule has 1 fully saturated rings. The maximum absolute atomic E-state index is 12.1. The second kappa shape index (κ2) is 11.2. The number of benzene rings is 1. The van der Waals surface area contributed by atoms with Gasteiger partial charge in [0.25, 0.3) is 11.8 Å². The van der Waals surface area contributed by atoms with E-state index in [1.807, 2.05) is 0 Å². The van der Waals surface area contributed by atoms with Gasteiger partial charge in [-0.3, -0.25) is 19.7 Å². The molecule has 1 aromatic rings. The Balaban J connectivity index is 1.70. The van der Waals surface area contributed by atoms with E-state index in [9.17, 15) is 19.2 Å². The third kappa shape index (κ3) is 7.93. The molecule has 1 aromatic carbocycles. The molecule has 0 spiro atoms. The highest BCUT2D eigenvalue weighted by atomic mass is 16.5. The van der Waals surface area contributed by atoms with Gasteiger partial charge in [0, 0.05) is 17.6 Å². The van der Waals surface area contributed by atoms with Crippen LogP contribution < -0.4 is 16.0 Å². The lowest BCUT2D eigenvalue weighted by Gasteiger charge is -2.23. The van der Waals surface area contributed by atoms with Crippen LogP contribution in [0.2, 0.25) is 0 Å². The summed E-state index contributed by atoms with van der Waals surface area (Å²) < 4.78 is 5.08. The van der Waals surface area contributed by atoms with E-state index in [1.54, 1.807) is 37.3 Å². The van der Waals surface area contributed by atoms with Crippen LogP contribution in [0.4, 0.5) is 4.79 Å². The molecule has 0 aromatic heterocycles. The first-order valence-electron chi connectivity index (χ1n) is 10.0. The minimum atomic E-state index is -1.11. The minimum Gasteiger partial charge on any atom is -0.452 e. The summed E-state index contributed by atoms with van der Waals surface area (Å²) in [4.78, 5) is 48.1. The van der Waals surface area contributed by atoms with Gasteiger partial charge in [0.2, 0.25) is 0 Å². The zero-order valence-electron chi connectivity index (χ0n) is 16.9. The Labute approximate surface area is 170 Å². The second-order valence-electron chi connectivity index (χ2n) is 7.37. The molecule has 0 heterocycles. The summed E-state index contributed by atoms with van der Waals surface area (Å²) in [6.07, 6.45) is 3.88. The number of urea groups is 1. The van der Waals surface area contributed by atoms with Crippen molar-refractivity contribution in [1.82, 2.24) is 16.0 Å². The van der Waals surface area contributed by atoms with Gasteiger partial charge in [-0.05, 0) is 38.8 Å². The predicted molar refractivity (Wildman–Crippen MR) is 107 cm³/mol. The van der Waals surface area contributed by atoms with E-state index in [0.29, 0.717) is 5.56 Å². The number of ether oxygens (including phenoxy) is 1. The van der Waals surface area contributed by atoms with Crippen LogP contribution in [0.3, 0.4) is 0 Å². The summed E-state index contributed by atoms with van der Waals surface area (Å²) in [6.45, 7) is 3.07. The number of nitrogens with one attached hydrogen (secondary N) is 3. The first kappa shape index (κ1) is 22.4. The van der Waals surface area contributed by atoms with Gasteiger partial charge in [-0.2, -0.15) is 0 Å². The zero-order valence-corrected chi connectivity index (χ0v) is 16.9. The molecule has 3 N–H and O–H groups in total. The van der Waals surface area contributed by atoms with Crippen LogP contribution in [0.1, 0.15) is 62.7 Å². The third-order valence-corrected chi connectivity index (χ3v) is 4.74. The summed E-state index contributed by atoms with van der Waals surface area (Å²) in [5.74, 6) is -1.62. The van der Waals surface area contributed by atoms with Crippen molar-refractivity contribution in [2.75, 3.05) is 0 Å². The van der Waals surface area contributed by atoms with Crippen molar-refractivity contribution in [2.45, 2.75) is 70.6 Å². The molecule has 29 heavy (non-hydrogen) atoms. The number of rotatable bonds is 7. The lowest BCUT2D eigenvalue weighted by Crippen LogP contribution is -2.48. The van der Waals surface area contributed by atoms with Crippen LogP contribution in [0.25, 0.3) is 0 Å². The van der Waals surface area contributed by atoms with E-state index in [0.717, 1.165) is 32.1 Å². The first-order chi connectivity index (χ1) is 13.8. The maximum Gasteiger partial charge on any atom is 0.321 e. The van der Waals surface area contributed by atoms with Crippen molar-refractivity contribution in [3.05, 3.63) is 35.9 Å². The van der Waals surface area contributed by atoms with Crippen molar-refractivity contribution in [2.24, 2.45) is 0 Å². The van der Waals surface area contributed by atoms with E-state index in [1.165, 1.54) is 6.92 Å². The summed E-state index contributed by atoms with van der Waals surface area (Å²) in [7, 11) is 0. The van der Waals surface area contributed by atoms with Gasteiger partial charge in [0.15, 0.2) is 6.10 Å². The number of hydrogen-bond donors (Lipinski definition) is 3. The van der Waals surface area contributed by atoms with Crippen molar-refractivity contribution in [3.63, 3.8) is 0 Å². The summed E-state index contributed by atoms with van der Waals surface area (Å²) in [6, 6.07) is 7.67. The summed E-state index contributed by atoms with van der Waals surface area (Å²) >= 11 is 0. The molecule has 1 aliphatic carbocycles. The van der Waals surface area contributed by atoms with Crippen LogP contribution in [0.5, 0.6) is 0 Å². The van der Waals surface area contributed by atoms with Crippen LogP contribution in [0, 0.1) is 0 Å². The Hall–Kier alpha value is -2.90. The van der Waals surface area contributed by atoms with E-state index in [4.69, 9.17) is 4.74 Å². The van der Waals surface area contributed by atoms with E-state index < -0.39 is 30.1 Å². The van der Waals surface area contributed by atoms with Crippen molar-refractivity contribution in [1.29, 1.82) is 0 Å². The molecule has 0 bridgehead atoms. The molecule has 1 aliphatic rings. The van der Waals surface area contributed by atoms with E-state index in [2.05, 4.69) is 16.0 Å². The van der Waals surface area contributed by atoms with Crippen molar-refractivity contribution in [3.8, 4) is 0 Å². The number of carbonyl (C=O) groups excluding carboxylic acids is 4. The second-order valence-corrected chi connectivity index (χ2v) is 7.37. The Bertz CT molecular complexity index is 716. The molecular formula is C21H29N3O5. The highest BCUT2D eigenvalue weighted by Crippen LogP contribution is 2.17. The number of esters is 1. The zero-order chi connectivity index (χ0) is 21.2. The van der Waals surface area contributed by atoms with Crippen molar-refractivity contribution < 1.29 is 23.9 Å². The minimum absolute atomic E-state index is 0.0727. The standard InChI is InChI=1S/C21H29N3O5/c1-14(22-20(27)16-9-5-3-6-10-16)13-18(25)29-15(2)19(26)24-21(28)23-17-11-7-4-8-12-17/h3,5-6,9-10,14-15,17H,4,7-8,11-13H2,1-2H3,(H,22,27)(H2,23,24,26,28). The van der Waals surface area contributed by atoms with E-state index >= 15 is 0 Å². The van der Waals surface area contributed by atoms with Gasteiger partial charge in [-0.1, -0.05) is 37.5 Å². The average Bonchev–Trinajstić information content (AvgIpc) is 2.68. The molecule has 4 amide bonds. The molecule has 1 saturated carbocycles. The molecule has 0 radical (unpaired) electrons. The van der Waals surface area contributed by atoms with Crippen LogP contribution in [-0.4, -0.2) is 42.0 Å². The average molecular weight is 403 g/mol. The Kier molecular flexibility index (Phi) is 8.64. The molecule has 8 heteroatoms. The molecule has 2 rings (SSSR count). The number of amides is 4. The van der Waals surface area contributed by atoms with Crippen molar-refractivity contribution >= 4 is 23.8 Å². The SMILES string of the molecule is CC(CC(=O)OC(C)C(=O)NC(=O)NC1CCCCC1)NC(=O)c1ccccc1. The summed E-state index contributed by atoms with van der Waals surface area (Å²) in [5, 5.41) is 7.67. The molecule has 8 nitrogen and oxygen atoms in total. The third-order valence-electron chi connectivity index (χ3n) is 4.74. The predicted octanol–water partition coefficient (Wildman–Crippen LogP) is 2.29. The number of carbonyl (C=O) groups is 4. The molecular weight excluding hydrogens is 374 g/mol. The molecule has 0 aliphatic heterocycles.